The van der Waals surface area contributed by atoms with Crippen LogP contribution in [0.5, 0.6) is 0 Å². The Bertz CT molecular complexity index is 469. The lowest BCUT2D eigenvalue weighted by molar-refractivity contribution is -0.120. The second-order valence-electron chi connectivity index (χ2n) is 8.14. The van der Waals surface area contributed by atoms with Gasteiger partial charge in [0, 0.05) is 13.1 Å². The van der Waals surface area contributed by atoms with Crippen molar-refractivity contribution in [2.24, 2.45) is 5.92 Å². The normalized spacial score (nSPS) is 23.2. The summed E-state index contributed by atoms with van der Waals surface area (Å²) in [5.41, 5.74) is -1.28. The summed E-state index contributed by atoms with van der Waals surface area (Å²) in [7, 11) is 0. The fourth-order valence-electron chi connectivity index (χ4n) is 2.71. The highest BCUT2D eigenvalue weighted by atomic mass is 16.6. The Morgan fingerprint density at radius 1 is 1.25 bits per heavy atom. The Balaban J connectivity index is 1.81. The number of nitrogens with one attached hydrogen (secondary N) is 2. The minimum atomic E-state index is -0.719. The van der Waals surface area contributed by atoms with Gasteiger partial charge in [-0.3, -0.25) is 9.69 Å². The van der Waals surface area contributed by atoms with Crippen molar-refractivity contribution in [2.75, 3.05) is 26.2 Å². The van der Waals surface area contributed by atoms with Gasteiger partial charge in [-0.2, -0.15) is 0 Å². The maximum Gasteiger partial charge on any atom is 0.412 e. The molecular formula is C17H31N3O4. The molecule has 1 aliphatic carbocycles. The molecule has 2 rings (SSSR count). The average Bonchev–Trinajstić information content (AvgIpc) is 3.19. The maximum atomic E-state index is 12.5. The number of rotatable bonds is 6. The molecular weight excluding hydrogens is 310 g/mol. The first-order chi connectivity index (χ1) is 11.1. The Morgan fingerprint density at radius 2 is 1.92 bits per heavy atom. The van der Waals surface area contributed by atoms with Gasteiger partial charge in [0.15, 0.2) is 0 Å². The number of hydrogen-bond acceptors (Lipinski definition) is 5. The Morgan fingerprint density at radius 3 is 2.50 bits per heavy atom. The number of carbonyl (C=O) groups excluding carboxylic acids is 2. The number of carbonyl (C=O) groups is 2. The number of nitrogens with zero attached hydrogens (tertiary/aromatic N) is 1. The van der Waals surface area contributed by atoms with Crippen LogP contribution in [0.1, 0.15) is 47.5 Å². The van der Waals surface area contributed by atoms with Crippen molar-refractivity contribution < 1.29 is 19.1 Å². The van der Waals surface area contributed by atoms with Crippen molar-refractivity contribution >= 4 is 12.0 Å². The van der Waals surface area contributed by atoms with Crippen LogP contribution in [-0.4, -0.2) is 60.5 Å². The van der Waals surface area contributed by atoms with E-state index in [1.165, 1.54) is 12.8 Å². The molecule has 2 amide bonds. The SMILES string of the molecule is CC(C)(C)OC(=O)N1[C@H](CNCC(=O)NCC2CC2)COC1(C)C. The lowest BCUT2D eigenvalue weighted by Gasteiger charge is -2.35. The van der Waals surface area contributed by atoms with Crippen LogP contribution in [0.4, 0.5) is 4.79 Å². The minimum absolute atomic E-state index is 0.0103. The molecule has 0 spiro atoms. The second kappa shape index (κ2) is 7.27. The minimum Gasteiger partial charge on any atom is -0.444 e. The van der Waals surface area contributed by atoms with Gasteiger partial charge >= 0.3 is 6.09 Å². The fourth-order valence-corrected chi connectivity index (χ4v) is 2.71. The number of amides is 2. The summed E-state index contributed by atoms with van der Waals surface area (Å²) in [6.45, 7) is 11.1. The van der Waals surface area contributed by atoms with E-state index in [-0.39, 0.29) is 18.5 Å². The molecule has 0 aromatic carbocycles. The van der Waals surface area contributed by atoms with Crippen molar-refractivity contribution in [3.05, 3.63) is 0 Å². The van der Waals surface area contributed by atoms with E-state index in [0.717, 1.165) is 6.54 Å². The van der Waals surface area contributed by atoms with Gasteiger partial charge < -0.3 is 20.1 Å². The van der Waals surface area contributed by atoms with Crippen molar-refractivity contribution in [3.63, 3.8) is 0 Å². The van der Waals surface area contributed by atoms with Crippen LogP contribution in [0, 0.1) is 5.92 Å². The maximum absolute atomic E-state index is 12.5. The van der Waals surface area contributed by atoms with Gasteiger partial charge in [-0.15, -0.1) is 0 Å². The van der Waals surface area contributed by atoms with Gasteiger partial charge in [0.1, 0.15) is 11.3 Å². The third-order valence-electron chi connectivity index (χ3n) is 4.11. The zero-order valence-electron chi connectivity index (χ0n) is 15.5. The molecule has 2 N–H and O–H groups in total. The average molecular weight is 341 g/mol. The molecule has 1 saturated carbocycles. The molecule has 1 saturated heterocycles. The predicted octanol–water partition coefficient (Wildman–Crippen LogP) is 1.47. The van der Waals surface area contributed by atoms with Crippen LogP contribution in [0.15, 0.2) is 0 Å². The monoisotopic (exact) mass is 341 g/mol. The van der Waals surface area contributed by atoms with Crippen molar-refractivity contribution in [2.45, 2.75) is 64.8 Å². The van der Waals surface area contributed by atoms with Crippen LogP contribution >= 0.6 is 0 Å². The van der Waals surface area contributed by atoms with Crippen molar-refractivity contribution in [1.29, 1.82) is 0 Å². The summed E-state index contributed by atoms with van der Waals surface area (Å²) >= 11 is 0. The first-order valence-electron chi connectivity index (χ1n) is 8.72. The van der Waals surface area contributed by atoms with Crippen LogP contribution < -0.4 is 10.6 Å². The van der Waals surface area contributed by atoms with E-state index in [2.05, 4.69) is 10.6 Å². The lowest BCUT2D eigenvalue weighted by Crippen LogP contribution is -2.53. The number of ether oxygens (including phenoxy) is 2. The lowest BCUT2D eigenvalue weighted by atomic mass is 10.2. The number of hydrogen-bond donors (Lipinski definition) is 2. The smallest absolute Gasteiger partial charge is 0.412 e. The molecule has 2 fully saturated rings. The predicted molar refractivity (Wildman–Crippen MR) is 90.5 cm³/mol. The Labute approximate surface area is 144 Å². The summed E-state index contributed by atoms with van der Waals surface area (Å²) in [6.07, 6.45) is 2.04. The van der Waals surface area contributed by atoms with Crippen molar-refractivity contribution in [1.82, 2.24) is 15.5 Å². The quantitative estimate of drug-likeness (QED) is 0.765. The molecule has 7 heteroatoms. The molecule has 24 heavy (non-hydrogen) atoms. The molecule has 138 valence electrons. The van der Waals surface area contributed by atoms with Gasteiger partial charge in [-0.1, -0.05) is 0 Å². The van der Waals surface area contributed by atoms with Crippen LogP contribution in [0.2, 0.25) is 0 Å². The largest absolute Gasteiger partial charge is 0.444 e. The zero-order valence-corrected chi connectivity index (χ0v) is 15.5. The molecule has 2 aliphatic rings. The molecule has 0 bridgehead atoms. The summed E-state index contributed by atoms with van der Waals surface area (Å²) in [5, 5.41) is 6.03. The van der Waals surface area contributed by atoms with E-state index in [4.69, 9.17) is 9.47 Å². The molecule has 7 nitrogen and oxygen atoms in total. The zero-order chi connectivity index (χ0) is 18.0. The Kier molecular flexibility index (Phi) is 5.75. The van der Waals surface area contributed by atoms with Crippen LogP contribution in [0.3, 0.4) is 0 Å². The van der Waals surface area contributed by atoms with Gasteiger partial charge in [0.25, 0.3) is 0 Å². The van der Waals surface area contributed by atoms with Crippen molar-refractivity contribution in [3.8, 4) is 0 Å². The summed E-state index contributed by atoms with van der Waals surface area (Å²) < 4.78 is 11.2. The third-order valence-corrected chi connectivity index (χ3v) is 4.11. The van der Waals surface area contributed by atoms with Crippen LogP contribution in [-0.2, 0) is 14.3 Å². The van der Waals surface area contributed by atoms with Gasteiger partial charge in [-0.25, -0.2) is 4.79 Å². The molecule has 1 aliphatic heterocycles. The van der Waals surface area contributed by atoms with E-state index >= 15 is 0 Å². The molecule has 0 aromatic heterocycles. The Hall–Kier alpha value is -1.34. The second-order valence-corrected chi connectivity index (χ2v) is 8.14. The highest BCUT2D eigenvalue weighted by molar-refractivity contribution is 5.78. The van der Waals surface area contributed by atoms with E-state index in [1.54, 1.807) is 4.90 Å². The van der Waals surface area contributed by atoms with E-state index in [0.29, 0.717) is 19.1 Å². The molecule has 0 unspecified atom stereocenters. The first kappa shape index (κ1) is 19.0. The summed E-state index contributed by atoms with van der Waals surface area (Å²) in [5.74, 6) is 0.657. The fraction of sp³-hybridized carbons (Fsp3) is 0.882. The van der Waals surface area contributed by atoms with Gasteiger partial charge in [0.2, 0.25) is 5.91 Å². The molecule has 1 heterocycles. The van der Waals surface area contributed by atoms with E-state index in [9.17, 15) is 9.59 Å². The van der Waals surface area contributed by atoms with Crippen LogP contribution in [0.25, 0.3) is 0 Å². The third kappa shape index (κ3) is 5.63. The molecule has 0 aromatic rings. The van der Waals surface area contributed by atoms with E-state index in [1.807, 2.05) is 34.6 Å². The van der Waals surface area contributed by atoms with Gasteiger partial charge in [0.05, 0.1) is 19.2 Å². The molecule has 1 atom stereocenters. The standard InChI is InChI=1S/C17H31N3O4/c1-16(2,3)24-15(22)20-13(11-23-17(20,4)5)9-18-10-14(21)19-8-12-6-7-12/h12-13,18H,6-11H2,1-5H3,(H,19,21)/t13-/m1/s1. The topological polar surface area (TPSA) is 79.9 Å². The first-order valence-corrected chi connectivity index (χ1v) is 8.72. The highest BCUT2D eigenvalue weighted by Gasteiger charge is 2.45. The molecule has 0 radical (unpaired) electrons. The summed E-state index contributed by atoms with van der Waals surface area (Å²) in [4.78, 5) is 25.9. The van der Waals surface area contributed by atoms with Gasteiger partial charge in [-0.05, 0) is 53.4 Å². The van der Waals surface area contributed by atoms with E-state index < -0.39 is 17.4 Å². The highest BCUT2D eigenvalue weighted by Crippen LogP contribution is 2.29. The summed E-state index contributed by atoms with van der Waals surface area (Å²) in [6, 6.07) is -0.161.